The summed E-state index contributed by atoms with van der Waals surface area (Å²) in [5.41, 5.74) is 1.57. The molecule has 3 rings (SSSR count). The van der Waals surface area contributed by atoms with Crippen LogP contribution in [0, 0.1) is 0 Å². The van der Waals surface area contributed by atoms with E-state index in [1.54, 1.807) is 50.4 Å². The lowest BCUT2D eigenvalue weighted by Gasteiger charge is -2.12. The summed E-state index contributed by atoms with van der Waals surface area (Å²) in [6, 6.07) is 9.59. The SMILES string of the molecule is CCS(=O)(=O)c1nc2ccc(NC(=O)Nc3ccc(OC)cc3OC)cc2s1. The van der Waals surface area contributed by atoms with Gasteiger partial charge < -0.3 is 20.1 Å². The van der Waals surface area contributed by atoms with Crippen molar-refractivity contribution in [1.82, 2.24) is 4.98 Å². The number of hydrogen-bond donors (Lipinski definition) is 2. The highest BCUT2D eigenvalue weighted by molar-refractivity contribution is 7.93. The van der Waals surface area contributed by atoms with Crippen LogP contribution in [0.2, 0.25) is 0 Å². The zero-order valence-electron chi connectivity index (χ0n) is 15.5. The largest absolute Gasteiger partial charge is 0.497 e. The molecule has 2 N–H and O–H groups in total. The summed E-state index contributed by atoms with van der Waals surface area (Å²) in [4.78, 5) is 16.5. The number of methoxy groups -OCH3 is 2. The number of benzene rings is 2. The molecule has 0 bridgehead atoms. The van der Waals surface area contributed by atoms with Crippen LogP contribution in [-0.4, -0.2) is 39.4 Å². The van der Waals surface area contributed by atoms with Gasteiger partial charge in [0.25, 0.3) is 0 Å². The minimum atomic E-state index is -3.37. The molecule has 148 valence electrons. The van der Waals surface area contributed by atoms with Crippen LogP contribution in [0.4, 0.5) is 16.2 Å². The molecule has 3 aromatic rings. The van der Waals surface area contributed by atoms with E-state index in [4.69, 9.17) is 9.47 Å². The van der Waals surface area contributed by atoms with Crippen LogP contribution in [0.15, 0.2) is 40.7 Å². The van der Waals surface area contributed by atoms with Crippen molar-refractivity contribution in [2.45, 2.75) is 11.3 Å². The number of anilines is 2. The number of sulfone groups is 1. The molecule has 0 fully saturated rings. The molecule has 0 spiro atoms. The molecule has 28 heavy (non-hydrogen) atoms. The van der Waals surface area contributed by atoms with Gasteiger partial charge in [0, 0.05) is 11.8 Å². The molecule has 10 heteroatoms. The van der Waals surface area contributed by atoms with Gasteiger partial charge in [0.1, 0.15) is 11.5 Å². The molecule has 8 nitrogen and oxygen atoms in total. The highest BCUT2D eigenvalue weighted by Crippen LogP contribution is 2.30. The Morgan fingerprint density at radius 1 is 1.11 bits per heavy atom. The van der Waals surface area contributed by atoms with E-state index in [0.29, 0.717) is 33.1 Å². The topological polar surface area (TPSA) is 107 Å². The number of hydrogen-bond acceptors (Lipinski definition) is 7. The van der Waals surface area contributed by atoms with Gasteiger partial charge in [-0.25, -0.2) is 18.2 Å². The molecule has 0 saturated carbocycles. The van der Waals surface area contributed by atoms with E-state index in [9.17, 15) is 13.2 Å². The van der Waals surface area contributed by atoms with Gasteiger partial charge in [-0.15, -0.1) is 11.3 Å². The number of thiazole rings is 1. The Labute approximate surface area is 166 Å². The van der Waals surface area contributed by atoms with Crippen LogP contribution < -0.4 is 20.1 Å². The zero-order chi connectivity index (χ0) is 20.3. The molecule has 0 radical (unpaired) electrons. The normalized spacial score (nSPS) is 11.2. The van der Waals surface area contributed by atoms with E-state index < -0.39 is 15.9 Å². The Hall–Kier alpha value is -2.85. The van der Waals surface area contributed by atoms with Crippen molar-refractivity contribution in [3.05, 3.63) is 36.4 Å². The minimum Gasteiger partial charge on any atom is -0.497 e. The third-order valence-electron chi connectivity index (χ3n) is 3.93. The molecule has 0 aliphatic carbocycles. The highest BCUT2D eigenvalue weighted by Gasteiger charge is 2.17. The molecule has 2 aromatic carbocycles. The van der Waals surface area contributed by atoms with E-state index >= 15 is 0 Å². The summed E-state index contributed by atoms with van der Waals surface area (Å²) in [7, 11) is -0.326. The van der Waals surface area contributed by atoms with Crippen LogP contribution in [0.3, 0.4) is 0 Å². The Balaban J connectivity index is 1.78. The van der Waals surface area contributed by atoms with Gasteiger partial charge in [-0.1, -0.05) is 6.92 Å². The quantitative estimate of drug-likeness (QED) is 0.628. The summed E-state index contributed by atoms with van der Waals surface area (Å²) >= 11 is 1.08. The summed E-state index contributed by atoms with van der Waals surface area (Å²) in [6.45, 7) is 1.58. The third kappa shape index (κ3) is 4.18. The smallest absolute Gasteiger partial charge is 0.323 e. The number of nitrogens with zero attached hydrogens (tertiary/aromatic N) is 1. The molecule has 1 aromatic heterocycles. The molecule has 0 saturated heterocycles. The Kier molecular flexibility index (Phi) is 5.71. The number of carbonyl (C=O) groups excluding carboxylic acids is 1. The van der Waals surface area contributed by atoms with Gasteiger partial charge in [-0.2, -0.15) is 0 Å². The van der Waals surface area contributed by atoms with E-state index in [1.165, 1.54) is 7.11 Å². The van der Waals surface area contributed by atoms with Gasteiger partial charge in [0.15, 0.2) is 0 Å². The molecule has 0 aliphatic rings. The Morgan fingerprint density at radius 3 is 2.57 bits per heavy atom. The maximum atomic E-state index is 12.3. The number of urea groups is 1. The first-order valence-corrected chi connectivity index (χ1v) is 10.8. The molecular weight excluding hydrogens is 402 g/mol. The van der Waals surface area contributed by atoms with Gasteiger partial charge in [0.05, 0.1) is 35.9 Å². The van der Waals surface area contributed by atoms with Gasteiger partial charge in [0.2, 0.25) is 14.2 Å². The van der Waals surface area contributed by atoms with Crippen molar-refractivity contribution in [2.24, 2.45) is 0 Å². The first kappa shape index (κ1) is 19.9. The molecule has 1 heterocycles. The van der Waals surface area contributed by atoms with Gasteiger partial charge in [-0.3, -0.25) is 0 Å². The van der Waals surface area contributed by atoms with Crippen LogP contribution in [-0.2, 0) is 9.84 Å². The molecule has 0 atom stereocenters. The summed E-state index contributed by atoms with van der Waals surface area (Å²) in [6.07, 6.45) is 0. The fourth-order valence-corrected chi connectivity index (χ4v) is 4.78. The number of amides is 2. The number of nitrogens with one attached hydrogen (secondary N) is 2. The predicted molar refractivity (Wildman–Crippen MR) is 110 cm³/mol. The first-order valence-electron chi connectivity index (χ1n) is 8.29. The number of ether oxygens (including phenoxy) is 2. The van der Waals surface area contributed by atoms with E-state index in [2.05, 4.69) is 15.6 Å². The average molecular weight is 422 g/mol. The number of aromatic nitrogens is 1. The number of carbonyl (C=O) groups is 1. The molecule has 0 unspecified atom stereocenters. The number of fused-ring (bicyclic) bond motifs is 1. The zero-order valence-corrected chi connectivity index (χ0v) is 17.1. The molecular formula is C18H19N3O5S2. The Bertz CT molecular complexity index is 1130. The van der Waals surface area contributed by atoms with Crippen LogP contribution >= 0.6 is 11.3 Å². The van der Waals surface area contributed by atoms with E-state index in [1.807, 2.05) is 0 Å². The number of rotatable bonds is 6. The van der Waals surface area contributed by atoms with Crippen LogP contribution in [0.5, 0.6) is 11.5 Å². The summed E-state index contributed by atoms with van der Waals surface area (Å²) < 4.78 is 35.1. The average Bonchev–Trinajstić information content (AvgIpc) is 3.12. The fraction of sp³-hybridized carbons (Fsp3) is 0.222. The Morgan fingerprint density at radius 2 is 1.89 bits per heavy atom. The van der Waals surface area contributed by atoms with Gasteiger partial charge >= 0.3 is 6.03 Å². The standard InChI is InChI=1S/C18H19N3O5S2/c1-4-28(23,24)18-21-14-7-5-11(9-16(14)27-18)19-17(22)20-13-8-6-12(25-2)10-15(13)26-3/h5-10H,4H2,1-3H3,(H2,19,20,22). The second-order valence-corrected chi connectivity index (χ2v) is 9.19. The molecule has 2 amide bonds. The maximum Gasteiger partial charge on any atom is 0.323 e. The predicted octanol–water partition coefficient (Wildman–Crippen LogP) is 3.75. The van der Waals surface area contributed by atoms with Crippen molar-refractivity contribution in [3.63, 3.8) is 0 Å². The highest BCUT2D eigenvalue weighted by atomic mass is 32.2. The fourth-order valence-electron chi connectivity index (χ4n) is 2.42. The van der Waals surface area contributed by atoms with Crippen molar-refractivity contribution in [1.29, 1.82) is 0 Å². The second-order valence-electron chi connectivity index (χ2n) is 5.71. The third-order valence-corrected chi connectivity index (χ3v) is 7.14. The van der Waals surface area contributed by atoms with Crippen LogP contribution in [0.1, 0.15) is 6.92 Å². The van der Waals surface area contributed by atoms with Gasteiger partial charge in [-0.05, 0) is 30.3 Å². The van der Waals surface area contributed by atoms with Crippen molar-refractivity contribution >= 4 is 48.8 Å². The summed E-state index contributed by atoms with van der Waals surface area (Å²) in [5, 5.41) is 5.43. The van der Waals surface area contributed by atoms with Crippen molar-refractivity contribution < 1.29 is 22.7 Å². The maximum absolute atomic E-state index is 12.3. The lowest BCUT2D eigenvalue weighted by Crippen LogP contribution is -2.19. The summed E-state index contributed by atoms with van der Waals surface area (Å²) in [5.74, 6) is 1.06. The lowest BCUT2D eigenvalue weighted by molar-refractivity contribution is 0.262. The lowest BCUT2D eigenvalue weighted by atomic mass is 10.2. The molecule has 0 aliphatic heterocycles. The second kappa shape index (κ2) is 8.03. The van der Waals surface area contributed by atoms with E-state index in [0.717, 1.165) is 11.3 Å². The van der Waals surface area contributed by atoms with Crippen molar-refractivity contribution in [2.75, 3.05) is 30.6 Å². The van der Waals surface area contributed by atoms with Crippen molar-refractivity contribution in [3.8, 4) is 11.5 Å². The monoisotopic (exact) mass is 421 g/mol. The van der Waals surface area contributed by atoms with Crippen LogP contribution in [0.25, 0.3) is 10.2 Å². The first-order chi connectivity index (χ1) is 13.4. The van der Waals surface area contributed by atoms with E-state index in [-0.39, 0.29) is 10.1 Å². The minimum absolute atomic E-state index is 0.00989.